The highest BCUT2D eigenvalue weighted by Gasteiger charge is 2.03. The molecule has 0 aromatic heterocycles. The van der Waals surface area contributed by atoms with E-state index >= 15 is 0 Å². The maximum absolute atomic E-state index is 11.2. The molecule has 4 heteroatoms. The summed E-state index contributed by atoms with van der Waals surface area (Å²) >= 11 is 0. The maximum atomic E-state index is 11.2. The van der Waals surface area contributed by atoms with Crippen molar-refractivity contribution in [1.82, 2.24) is 0 Å². The summed E-state index contributed by atoms with van der Waals surface area (Å²) in [4.78, 5) is 11.2. The lowest BCUT2D eigenvalue weighted by Crippen LogP contribution is -2.14. The Balaban J connectivity index is 2.42. The minimum atomic E-state index is -0.433. The van der Waals surface area contributed by atoms with Crippen LogP contribution in [0.4, 0.5) is 0 Å². The molecule has 0 saturated carbocycles. The summed E-state index contributed by atoms with van der Waals surface area (Å²) in [5.74, 6) is 0.156. The van der Waals surface area contributed by atoms with E-state index in [4.69, 9.17) is 14.6 Å². The molecule has 1 rings (SSSR count). The Morgan fingerprint density at radius 1 is 1.47 bits per heavy atom. The summed E-state index contributed by atoms with van der Waals surface area (Å²) in [5.41, 5.74) is 0.962. The van der Waals surface area contributed by atoms with Gasteiger partial charge in [-0.3, -0.25) is 0 Å². The second-order valence-electron chi connectivity index (χ2n) is 3.38. The van der Waals surface area contributed by atoms with Crippen LogP contribution in [0.1, 0.15) is 5.56 Å². The number of carbonyl (C=O) groups is 1. The molecule has 0 saturated heterocycles. The Labute approximate surface area is 100 Å². The van der Waals surface area contributed by atoms with Crippen LogP contribution in [0.15, 0.2) is 36.9 Å². The highest BCUT2D eigenvalue weighted by molar-refractivity contribution is 5.71. The summed E-state index contributed by atoms with van der Waals surface area (Å²) in [7, 11) is 0. The van der Waals surface area contributed by atoms with Gasteiger partial charge in [0.2, 0.25) is 0 Å². The van der Waals surface area contributed by atoms with Crippen molar-refractivity contribution in [1.29, 1.82) is 0 Å². The summed E-state index contributed by atoms with van der Waals surface area (Å²) in [5, 5.41) is 8.80. The van der Waals surface area contributed by atoms with E-state index in [1.165, 1.54) is 6.08 Å². The maximum Gasteiger partial charge on any atom is 0.344 e. The molecule has 0 atom stereocenters. The van der Waals surface area contributed by atoms with E-state index < -0.39 is 5.97 Å². The van der Waals surface area contributed by atoms with Crippen LogP contribution in [-0.2, 0) is 16.0 Å². The average molecular weight is 236 g/mol. The van der Waals surface area contributed by atoms with E-state index in [9.17, 15) is 4.79 Å². The Hall–Kier alpha value is -1.81. The molecule has 0 unspecified atom stereocenters. The van der Waals surface area contributed by atoms with Crippen molar-refractivity contribution in [2.24, 2.45) is 0 Å². The lowest BCUT2D eigenvalue weighted by molar-refractivity contribution is -0.144. The van der Waals surface area contributed by atoms with Gasteiger partial charge in [0.25, 0.3) is 0 Å². The normalized spacial score (nSPS) is 9.71. The van der Waals surface area contributed by atoms with Gasteiger partial charge in [-0.25, -0.2) is 4.79 Å². The van der Waals surface area contributed by atoms with E-state index in [-0.39, 0.29) is 19.8 Å². The van der Waals surface area contributed by atoms with Crippen molar-refractivity contribution in [3.05, 3.63) is 42.5 Å². The van der Waals surface area contributed by atoms with Crippen LogP contribution in [0, 0.1) is 0 Å². The summed E-state index contributed by atoms with van der Waals surface area (Å²) in [6, 6.07) is 7.24. The van der Waals surface area contributed by atoms with Gasteiger partial charge < -0.3 is 14.6 Å². The van der Waals surface area contributed by atoms with Crippen LogP contribution >= 0.6 is 0 Å². The van der Waals surface area contributed by atoms with Gasteiger partial charge in [-0.1, -0.05) is 24.8 Å². The highest BCUT2D eigenvalue weighted by atomic mass is 16.6. The lowest BCUT2D eigenvalue weighted by Gasteiger charge is -2.07. The highest BCUT2D eigenvalue weighted by Crippen LogP contribution is 2.13. The van der Waals surface area contributed by atoms with Gasteiger partial charge in [0.05, 0.1) is 0 Å². The zero-order chi connectivity index (χ0) is 12.5. The summed E-state index contributed by atoms with van der Waals surface area (Å²) in [6.45, 7) is 3.59. The van der Waals surface area contributed by atoms with Gasteiger partial charge in [-0.15, -0.1) is 0 Å². The molecule has 0 aliphatic carbocycles. The molecule has 1 aromatic carbocycles. The number of esters is 1. The predicted molar refractivity (Wildman–Crippen MR) is 63.9 cm³/mol. The number of benzene rings is 1. The minimum Gasteiger partial charge on any atom is -0.482 e. The van der Waals surface area contributed by atoms with Gasteiger partial charge in [0.15, 0.2) is 6.61 Å². The summed E-state index contributed by atoms with van der Waals surface area (Å²) in [6.07, 6.45) is 2.07. The predicted octanol–water partition coefficient (Wildman–Crippen LogP) is 1.33. The molecule has 17 heavy (non-hydrogen) atoms. The first kappa shape index (κ1) is 13.3. The number of hydrogen-bond acceptors (Lipinski definition) is 4. The standard InChI is InChI=1S/C13H16O4/c1-2-8-16-13(15)10-17-12-5-3-4-11(9-12)6-7-14/h2-5,9,14H,1,6-8,10H2. The number of carbonyl (C=O) groups excluding carboxylic acids is 1. The van der Waals surface area contributed by atoms with E-state index in [1.807, 2.05) is 12.1 Å². The molecule has 92 valence electrons. The Morgan fingerprint density at radius 2 is 2.29 bits per heavy atom. The Kier molecular flexibility index (Phi) is 5.82. The molecule has 0 aliphatic heterocycles. The van der Waals surface area contributed by atoms with E-state index in [0.29, 0.717) is 12.2 Å². The van der Waals surface area contributed by atoms with Gasteiger partial charge in [-0.2, -0.15) is 0 Å². The molecule has 4 nitrogen and oxygen atoms in total. The van der Waals surface area contributed by atoms with Crippen molar-refractivity contribution in [2.75, 3.05) is 19.8 Å². The van der Waals surface area contributed by atoms with Gasteiger partial charge in [0.1, 0.15) is 12.4 Å². The van der Waals surface area contributed by atoms with E-state index in [0.717, 1.165) is 5.56 Å². The van der Waals surface area contributed by atoms with Crippen molar-refractivity contribution in [2.45, 2.75) is 6.42 Å². The zero-order valence-electron chi connectivity index (χ0n) is 9.59. The van der Waals surface area contributed by atoms with Gasteiger partial charge in [0, 0.05) is 6.61 Å². The van der Waals surface area contributed by atoms with Crippen LogP contribution in [0.25, 0.3) is 0 Å². The van der Waals surface area contributed by atoms with Crippen molar-refractivity contribution < 1.29 is 19.4 Å². The first-order chi connectivity index (χ1) is 8.26. The molecule has 0 amide bonds. The van der Waals surface area contributed by atoms with Crippen LogP contribution in [0.2, 0.25) is 0 Å². The topological polar surface area (TPSA) is 55.8 Å². The molecule has 0 fully saturated rings. The Morgan fingerprint density at radius 3 is 3.00 bits per heavy atom. The molecule has 0 aliphatic rings. The number of hydrogen-bond donors (Lipinski definition) is 1. The third kappa shape index (κ3) is 5.17. The third-order valence-corrected chi connectivity index (χ3v) is 2.02. The van der Waals surface area contributed by atoms with E-state index in [2.05, 4.69) is 6.58 Å². The number of aliphatic hydroxyl groups is 1. The number of rotatable bonds is 7. The fourth-order valence-electron chi connectivity index (χ4n) is 1.26. The molecular weight excluding hydrogens is 220 g/mol. The molecule has 0 radical (unpaired) electrons. The first-order valence-electron chi connectivity index (χ1n) is 5.35. The zero-order valence-corrected chi connectivity index (χ0v) is 9.59. The first-order valence-corrected chi connectivity index (χ1v) is 5.35. The SMILES string of the molecule is C=CCOC(=O)COc1cccc(CCO)c1. The monoisotopic (exact) mass is 236 g/mol. The van der Waals surface area contributed by atoms with Crippen molar-refractivity contribution >= 4 is 5.97 Å². The minimum absolute atomic E-state index is 0.0881. The largest absolute Gasteiger partial charge is 0.482 e. The fourth-order valence-corrected chi connectivity index (χ4v) is 1.26. The number of aliphatic hydroxyl groups excluding tert-OH is 1. The molecular formula is C13H16O4. The van der Waals surface area contributed by atoms with Crippen LogP contribution in [0.5, 0.6) is 5.75 Å². The summed E-state index contributed by atoms with van der Waals surface area (Å²) < 4.78 is 10.0. The Bertz CT molecular complexity index is 373. The average Bonchev–Trinajstić information content (AvgIpc) is 2.35. The molecule has 0 heterocycles. The van der Waals surface area contributed by atoms with Crippen molar-refractivity contribution in [3.63, 3.8) is 0 Å². The van der Waals surface area contributed by atoms with Gasteiger partial charge in [-0.05, 0) is 24.1 Å². The van der Waals surface area contributed by atoms with Gasteiger partial charge >= 0.3 is 5.97 Å². The van der Waals surface area contributed by atoms with Crippen molar-refractivity contribution in [3.8, 4) is 5.75 Å². The molecule has 0 bridgehead atoms. The third-order valence-electron chi connectivity index (χ3n) is 2.02. The number of ether oxygens (including phenoxy) is 2. The molecule has 0 spiro atoms. The quantitative estimate of drug-likeness (QED) is 0.573. The molecule has 1 aromatic rings. The van der Waals surface area contributed by atoms with Crippen LogP contribution < -0.4 is 4.74 Å². The fraction of sp³-hybridized carbons (Fsp3) is 0.308. The second-order valence-corrected chi connectivity index (χ2v) is 3.38. The van der Waals surface area contributed by atoms with E-state index in [1.54, 1.807) is 12.1 Å². The lowest BCUT2D eigenvalue weighted by atomic mass is 10.1. The van der Waals surface area contributed by atoms with Crippen LogP contribution in [0.3, 0.4) is 0 Å². The smallest absolute Gasteiger partial charge is 0.344 e. The van der Waals surface area contributed by atoms with Crippen LogP contribution in [-0.4, -0.2) is 30.9 Å². The molecule has 1 N–H and O–H groups in total. The second kappa shape index (κ2) is 7.46.